The van der Waals surface area contributed by atoms with Crippen molar-refractivity contribution < 1.29 is 9.90 Å². The first kappa shape index (κ1) is 15.2. The van der Waals surface area contributed by atoms with Gasteiger partial charge in [0.15, 0.2) is 11.3 Å². The summed E-state index contributed by atoms with van der Waals surface area (Å²) < 4.78 is 1.81. The van der Waals surface area contributed by atoms with Gasteiger partial charge in [0.1, 0.15) is 0 Å². The number of carboxylic acid groups (broad SMARTS) is 1. The maximum absolute atomic E-state index is 12.8. The van der Waals surface area contributed by atoms with E-state index >= 15 is 0 Å². The van der Waals surface area contributed by atoms with Crippen LogP contribution >= 0.6 is 11.8 Å². The molecule has 0 fully saturated rings. The first-order valence-corrected chi connectivity index (χ1v) is 8.66. The van der Waals surface area contributed by atoms with Crippen LogP contribution in [0.25, 0.3) is 10.9 Å². The van der Waals surface area contributed by atoms with Crippen LogP contribution in [0.5, 0.6) is 0 Å². The van der Waals surface area contributed by atoms with E-state index in [1.807, 2.05) is 22.8 Å². The highest BCUT2D eigenvalue weighted by atomic mass is 32.2. The zero-order valence-electron chi connectivity index (χ0n) is 13.0. The lowest BCUT2D eigenvalue weighted by Gasteiger charge is -2.16. The zero-order valence-corrected chi connectivity index (χ0v) is 13.8. The summed E-state index contributed by atoms with van der Waals surface area (Å²) in [5, 5.41) is 11.6. The molecule has 2 N–H and O–H groups in total. The van der Waals surface area contributed by atoms with E-state index in [0.29, 0.717) is 17.9 Å². The van der Waals surface area contributed by atoms with E-state index in [1.54, 1.807) is 12.1 Å². The monoisotopic (exact) mass is 344 g/mol. The number of nitrogens with zero attached hydrogens (tertiary/aromatic N) is 3. The molecule has 2 aliphatic heterocycles. The van der Waals surface area contributed by atoms with E-state index < -0.39 is 5.97 Å². The van der Waals surface area contributed by atoms with Gasteiger partial charge in [0.2, 0.25) is 0 Å². The quantitative estimate of drug-likeness (QED) is 0.855. The molecule has 0 radical (unpaired) electrons. The molecule has 0 saturated carbocycles. The van der Waals surface area contributed by atoms with Crippen LogP contribution < -0.4 is 11.0 Å². The molecule has 3 heterocycles. The molecule has 0 bridgehead atoms. The van der Waals surface area contributed by atoms with Crippen LogP contribution in [0.4, 0.5) is 0 Å². The fourth-order valence-electron chi connectivity index (χ4n) is 3.21. The second kappa shape index (κ2) is 5.64. The number of aliphatic carboxylic acids is 1. The van der Waals surface area contributed by atoms with Crippen molar-refractivity contribution >= 4 is 34.5 Å². The van der Waals surface area contributed by atoms with Gasteiger partial charge >= 0.3 is 5.97 Å². The minimum atomic E-state index is -0.886. The number of pyridine rings is 1. The van der Waals surface area contributed by atoms with Gasteiger partial charge < -0.3 is 15.1 Å². The molecule has 8 heteroatoms. The third-order valence-corrected chi connectivity index (χ3v) is 5.40. The second-order valence-corrected chi connectivity index (χ2v) is 6.89. The van der Waals surface area contributed by atoms with Crippen LogP contribution in [-0.4, -0.2) is 44.8 Å². The SMILES string of the molecule is CN1NC(c2cc3cccc4c3n(c2=O)CC4)=NC1SCC(=O)O. The summed E-state index contributed by atoms with van der Waals surface area (Å²) in [6.07, 6.45) is 0.868. The Labute approximate surface area is 142 Å². The summed E-state index contributed by atoms with van der Waals surface area (Å²) in [5.41, 5.74) is 5.38. The number of benzene rings is 1. The maximum Gasteiger partial charge on any atom is 0.313 e. The fraction of sp³-hybridized carbons (Fsp3) is 0.312. The molecule has 124 valence electrons. The summed E-state index contributed by atoms with van der Waals surface area (Å²) >= 11 is 1.20. The normalized spacial score (nSPS) is 19.5. The van der Waals surface area contributed by atoms with Crippen LogP contribution in [0.3, 0.4) is 0 Å². The number of carbonyl (C=O) groups is 1. The molecule has 4 rings (SSSR count). The molecule has 1 unspecified atom stereocenters. The zero-order chi connectivity index (χ0) is 16.8. The van der Waals surface area contributed by atoms with E-state index in [9.17, 15) is 9.59 Å². The smallest absolute Gasteiger partial charge is 0.313 e. The van der Waals surface area contributed by atoms with Crippen LogP contribution in [-0.2, 0) is 17.8 Å². The Bertz CT molecular complexity index is 937. The van der Waals surface area contributed by atoms with Gasteiger partial charge in [-0.3, -0.25) is 9.59 Å². The topological polar surface area (TPSA) is 86.9 Å². The molecule has 7 nitrogen and oxygen atoms in total. The lowest BCUT2D eigenvalue weighted by Crippen LogP contribution is -2.39. The van der Waals surface area contributed by atoms with E-state index in [0.717, 1.165) is 17.3 Å². The van der Waals surface area contributed by atoms with Crippen molar-refractivity contribution in [2.24, 2.45) is 4.99 Å². The van der Waals surface area contributed by atoms with Crippen molar-refractivity contribution in [2.45, 2.75) is 18.5 Å². The Kier molecular flexibility index (Phi) is 3.58. The van der Waals surface area contributed by atoms with Gasteiger partial charge in [0, 0.05) is 13.6 Å². The molecule has 1 aromatic heterocycles. The van der Waals surface area contributed by atoms with Crippen LogP contribution in [0.2, 0.25) is 0 Å². The molecule has 2 aromatic rings. The molecular weight excluding hydrogens is 328 g/mol. The highest BCUT2D eigenvalue weighted by Gasteiger charge is 2.28. The van der Waals surface area contributed by atoms with Gasteiger partial charge in [-0.05, 0) is 23.4 Å². The first-order valence-electron chi connectivity index (χ1n) is 7.61. The number of para-hydroxylation sites is 1. The third-order valence-electron chi connectivity index (χ3n) is 4.26. The Morgan fingerprint density at radius 2 is 2.33 bits per heavy atom. The van der Waals surface area contributed by atoms with Crippen molar-refractivity contribution in [3.63, 3.8) is 0 Å². The number of aromatic nitrogens is 1. The number of aliphatic imine (C=N–C) groups is 1. The number of amidine groups is 1. The van der Waals surface area contributed by atoms with Crippen LogP contribution in [0, 0.1) is 0 Å². The molecule has 0 spiro atoms. The number of hydrogen-bond donors (Lipinski definition) is 2. The molecule has 0 amide bonds. The largest absolute Gasteiger partial charge is 0.481 e. The van der Waals surface area contributed by atoms with Gasteiger partial charge in [0.05, 0.1) is 16.8 Å². The summed E-state index contributed by atoms with van der Waals surface area (Å²) in [4.78, 5) is 28.1. The number of nitrogens with one attached hydrogen (secondary N) is 1. The summed E-state index contributed by atoms with van der Waals surface area (Å²) in [6, 6.07) is 7.93. The average Bonchev–Trinajstić information content (AvgIpc) is 3.14. The van der Waals surface area contributed by atoms with Gasteiger partial charge in [-0.15, -0.1) is 11.8 Å². The lowest BCUT2D eigenvalue weighted by molar-refractivity contribution is -0.133. The first-order chi connectivity index (χ1) is 11.5. The number of carboxylic acids is 1. The lowest BCUT2D eigenvalue weighted by atomic mass is 10.1. The average molecular weight is 344 g/mol. The van der Waals surface area contributed by atoms with E-state index in [4.69, 9.17) is 5.11 Å². The predicted octanol–water partition coefficient (Wildman–Crippen LogP) is 0.856. The highest BCUT2D eigenvalue weighted by molar-refractivity contribution is 8.00. The van der Waals surface area contributed by atoms with Crippen molar-refractivity contribution in [3.05, 3.63) is 45.7 Å². The number of thioether (sulfide) groups is 1. The van der Waals surface area contributed by atoms with Crippen molar-refractivity contribution in [1.29, 1.82) is 0 Å². The summed E-state index contributed by atoms with van der Waals surface area (Å²) in [5.74, 6) is -0.435. The van der Waals surface area contributed by atoms with Gasteiger partial charge in [0.25, 0.3) is 5.56 Å². The minimum absolute atomic E-state index is 0.0429. The van der Waals surface area contributed by atoms with Gasteiger partial charge in [-0.2, -0.15) is 5.01 Å². The molecule has 1 atom stereocenters. The summed E-state index contributed by atoms with van der Waals surface area (Å²) in [7, 11) is 1.78. The van der Waals surface area contributed by atoms with E-state index in [1.165, 1.54) is 17.3 Å². The van der Waals surface area contributed by atoms with Crippen molar-refractivity contribution in [2.75, 3.05) is 12.8 Å². The Morgan fingerprint density at radius 3 is 3.12 bits per heavy atom. The molecule has 2 aliphatic rings. The molecule has 1 aromatic carbocycles. The van der Waals surface area contributed by atoms with Crippen molar-refractivity contribution in [3.8, 4) is 0 Å². The molecular formula is C16H16N4O3S. The van der Waals surface area contributed by atoms with Crippen molar-refractivity contribution in [1.82, 2.24) is 15.0 Å². The van der Waals surface area contributed by atoms with Crippen LogP contribution in [0.1, 0.15) is 11.1 Å². The standard InChI is InChI=1S/C16H16N4O3S/c1-19-16(24-8-12(21)22)17-14(18-19)11-7-10-4-2-3-9-5-6-20(13(9)10)15(11)23/h2-4,7,16H,5-6,8H2,1H3,(H,17,18)(H,21,22). The molecule has 0 saturated heterocycles. The number of aryl methyl sites for hydroxylation is 2. The molecule has 0 aliphatic carbocycles. The highest BCUT2D eigenvalue weighted by Crippen LogP contribution is 2.26. The van der Waals surface area contributed by atoms with E-state index in [-0.39, 0.29) is 16.8 Å². The third kappa shape index (κ3) is 2.38. The van der Waals surface area contributed by atoms with Gasteiger partial charge in [-0.25, -0.2) is 4.99 Å². The maximum atomic E-state index is 12.8. The number of rotatable bonds is 4. The minimum Gasteiger partial charge on any atom is -0.481 e. The number of hydrogen-bond acceptors (Lipinski definition) is 6. The Morgan fingerprint density at radius 1 is 1.50 bits per heavy atom. The predicted molar refractivity (Wildman–Crippen MR) is 93.2 cm³/mol. The second-order valence-electron chi connectivity index (χ2n) is 5.85. The summed E-state index contributed by atoms with van der Waals surface area (Å²) in [6.45, 7) is 0.683. The number of hydrazine groups is 1. The van der Waals surface area contributed by atoms with Crippen LogP contribution in [0.15, 0.2) is 34.1 Å². The molecule has 24 heavy (non-hydrogen) atoms. The van der Waals surface area contributed by atoms with E-state index in [2.05, 4.69) is 16.5 Å². The Balaban J connectivity index is 1.76. The Hall–Kier alpha value is -2.32. The van der Waals surface area contributed by atoms with Gasteiger partial charge in [-0.1, -0.05) is 18.2 Å². The fourth-order valence-corrected chi connectivity index (χ4v) is 3.96.